The fourth-order valence-electron chi connectivity index (χ4n) is 4.73. The molecule has 1 amide bonds. The molecule has 2 aromatic carbocycles. The lowest BCUT2D eigenvalue weighted by Gasteiger charge is -2.29. The van der Waals surface area contributed by atoms with Gasteiger partial charge in [0, 0.05) is 49.7 Å². The van der Waals surface area contributed by atoms with E-state index in [4.69, 9.17) is 4.74 Å². The summed E-state index contributed by atoms with van der Waals surface area (Å²) in [6.45, 7) is 5.79. The van der Waals surface area contributed by atoms with Crippen LogP contribution in [0.1, 0.15) is 53.3 Å². The van der Waals surface area contributed by atoms with Gasteiger partial charge in [0.05, 0.1) is 13.2 Å². The zero-order valence-electron chi connectivity index (χ0n) is 23.1. The predicted molar refractivity (Wildman–Crippen MR) is 154 cm³/mol. The summed E-state index contributed by atoms with van der Waals surface area (Å²) in [5.74, 6) is -3.74. The number of carbonyl (C=O) groups is 2. The van der Waals surface area contributed by atoms with Gasteiger partial charge in [-0.25, -0.2) is 18.6 Å². The molecule has 0 bridgehead atoms. The molecule has 2 N–H and O–H groups in total. The molecule has 0 spiro atoms. The molecule has 1 fully saturated rings. The fourth-order valence-corrected chi connectivity index (χ4v) is 4.73. The van der Waals surface area contributed by atoms with Crippen LogP contribution in [0.4, 0.5) is 14.5 Å². The molecule has 1 unspecified atom stereocenters. The van der Waals surface area contributed by atoms with Crippen molar-refractivity contribution < 1.29 is 28.2 Å². The normalized spacial score (nSPS) is 14.6. The number of carboxylic acid groups (broad SMARTS) is 1. The number of hydrogen-bond acceptors (Lipinski definition) is 5. The minimum absolute atomic E-state index is 0.0668. The van der Waals surface area contributed by atoms with Crippen molar-refractivity contribution in [3.05, 3.63) is 94.6 Å². The monoisotopic (exact) mass is 564 g/mol. The number of anilines is 1. The maximum absolute atomic E-state index is 14.9. The number of halogens is 2. The third-order valence-electron chi connectivity index (χ3n) is 6.75. The smallest absolute Gasteiger partial charge is 0.326 e. The van der Waals surface area contributed by atoms with Gasteiger partial charge in [-0.1, -0.05) is 43.3 Å². The summed E-state index contributed by atoms with van der Waals surface area (Å²) >= 11 is 0. The van der Waals surface area contributed by atoms with Crippen molar-refractivity contribution in [2.24, 2.45) is 0 Å². The number of allylic oxidation sites excluding steroid dienone is 2. The standard InChI is InChI=1S/C31H34F2N4O4/c1-3-5-9-28-34-20-24(37(28)10-4-2)16-21-7-6-8-22(15-21)17-27(31(39)40)35-30(38)29-25(32)18-23(19-26(29)33)36-11-13-41-14-12-36/h4-10,15,18-20,27H,3,11-14,16-17H2,1-2H3,(H,35,38)(H,39,40)/b9-5+,10-4-. The highest BCUT2D eigenvalue weighted by Crippen LogP contribution is 2.23. The van der Waals surface area contributed by atoms with Gasteiger partial charge in [-0.3, -0.25) is 4.79 Å². The summed E-state index contributed by atoms with van der Waals surface area (Å²) in [4.78, 5) is 31.2. The van der Waals surface area contributed by atoms with Crippen LogP contribution in [0.25, 0.3) is 12.3 Å². The summed E-state index contributed by atoms with van der Waals surface area (Å²) in [7, 11) is 0. The topological polar surface area (TPSA) is 96.7 Å². The Morgan fingerprint density at radius 1 is 1.15 bits per heavy atom. The van der Waals surface area contributed by atoms with Gasteiger partial charge in [-0.15, -0.1) is 0 Å². The van der Waals surface area contributed by atoms with Gasteiger partial charge in [-0.05, 0) is 42.7 Å². The first kappa shape index (κ1) is 29.7. The van der Waals surface area contributed by atoms with Crippen LogP contribution in [0.2, 0.25) is 0 Å². The van der Waals surface area contributed by atoms with E-state index in [1.54, 1.807) is 17.2 Å². The molecule has 41 heavy (non-hydrogen) atoms. The Kier molecular flexibility index (Phi) is 10.0. The van der Waals surface area contributed by atoms with E-state index in [2.05, 4.69) is 10.3 Å². The van der Waals surface area contributed by atoms with Gasteiger partial charge >= 0.3 is 5.97 Å². The molecule has 10 heteroatoms. The zero-order valence-corrected chi connectivity index (χ0v) is 23.1. The van der Waals surface area contributed by atoms with E-state index in [0.29, 0.717) is 44.0 Å². The van der Waals surface area contributed by atoms with E-state index >= 15 is 0 Å². The highest BCUT2D eigenvalue weighted by atomic mass is 19.1. The minimum atomic E-state index is -1.39. The molecule has 2 heterocycles. The van der Waals surface area contributed by atoms with Gasteiger partial charge in [0.2, 0.25) is 0 Å². The number of nitrogens with one attached hydrogen (secondary N) is 1. The van der Waals surface area contributed by atoms with Crippen LogP contribution in [-0.2, 0) is 22.4 Å². The molecule has 3 aromatic rings. The first-order chi connectivity index (χ1) is 19.8. The molecule has 0 radical (unpaired) electrons. The van der Waals surface area contributed by atoms with Gasteiger partial charge in [0.1, 0.15) is 29.1 Å². The average molecular weight is 565 g/mol. The van der Waals surface area contributed by atoms with Crippen LogP contribution in [0, 0.1) is 11.6 Å². The minimum Gasteiger partial charge on any atom is -0.480 e. The number of nitrogens with zero attached hydrogens (tertiary/aromatic N) is 3. The first-order valence-electron chi connectivity index (χ1n) is 13.6. The molecule has 1 saturated heterocycles. The number of benzene rings is 2. The van der Waals surface area contributed by atoms with E-state index in [9.17, 15) is 23.5 Å². The van der Waals surface area contributed by atoms with E-state index in [0.717, 1.165) is 35.6 Å². The highest BCUT2D eigenvalue weighted by Gasteiger charge is 2.26. The van der Waals surface area contributed by atoms with Crippen molar-refractivity contribution in [2.75, 3.05) is 31.2 Å². The molecule has 1 aromatic heterocycles. The lowest BCUT2D eigenvalue weighted by molar-refractivity contribution is -0.139. The van der Waals surface area contributed by atoms with Gasteiger partial charge in [-0.2, -0.15) is 0 Å². The van der Waals surface area contributed by atoms with E-state index in [1.807, 2.05) is 61.0 Å². The number of hydrogen-bond donors (Lipinski definition) is 2. The Morgan fingerprint density at radius 3 is 2.51 bits per heavy atom. The fraction of sp³-hybridized carbons (Fsp3) is 0.323. The summed E-state index contributed by atoms with van der Waals surface area (Å²) < 4.78 is 37.0. The molecular weight excluding hydrogens is 530 g/mol. The average Bonchev–Trinajstić information content (AvgIpc) is 3.32. The van der Waals surface area contributed by atoms with E-state index in [1.165, 1.54) is 0 Å². The van der Waals surface area contributed by atoms with Crippen LogP contribution in [0.15, 0.2) is 54.7 Å². The summed E-state index contributed by atoms with van der Waals surface area (Å²) in [6, 6.07) is 8.12. The van der Waals surface area contributed by atoms with Crippen LogP contribution in [-0.4, -0.2) is 58.9 Å². The van der Waals surface area contributed by atoms with E-state index in [-0.39, 0.29) is 6.42 Å². The molecular formula is C31H34F2N4O4. The zero-order chi connectivity index (χ0) is 29.4. The van der Waals surface area contributed by atoms with Crippen LogP contribution in [0.3, 0.4) is 0 Å². The first-order valence-corrected chi connectivity index (χ1v) is 13.6. The molecule has 0 saturated carbocycles. The quantitative estimate of drug-likeness (QED) is 0.343. The van der Waals surface area contributed by atoms with Crippen molar-refractivity contribution in [3.63, 3.8) is 0 Å². The summed E-state index contributed by atoms with van der Waals surface area (Å²) in [6.07, 6.45) is 11.0. The van der Waals surface area contributed by atoms with Crippen molar-refractivity contribution in [2.45, 2.75) is 39.2 Å². The van der Waals surface area contributed by atoms with Crippen molar-refractivity contribution in [1.29, 1.82) is 0 Å². The Morgan fingerprint density at radius 2 is 1.85 bits per heavy atom. The van der Waals surface area contributed by atoms with Gasteiger partial charge in [0.25, 0.3) is 5.91 Å². The van der Waals surface area contributed by atoms with Crippen LogP contribution < -0.4 is 10.2 Å². The number of morpholine rings is 1. The van der Waals surface area contributed by atoms with Crippen molar-refractivity contribution >= 4 is 29.8 Å². The number of rotatable bonds is 11. The number of aromatic nitrogens is 2. The van der Waals surface area contributed by atoms with Crippen molar-refractivity contribution in [1.82, 2.24) is 14.9 Å². The number of amides is 1. The molecule has 1 aliphatic heterocycles. The molecule has 216 valence electrons. The molecule has 8 nitrogen and oxygen atoms in total. The lowest BCUT2D eigenvalue weighted by Crippen LogP contribution is -2.43. The Labute approximate surface area is 238 Å². The van der Waals surface area contributed by atoms with Crippen molar-refractivity contribution in [3.8, 4) is 0 Å². The maximum atomic E-state index is 14.9. The third-order valence-corrected chi connectivity index (χ3v) is 6.75. The summed E-state index contributed by atoms with van der Waals surface area (Å²) in [5.41, 5.74) is 2.01. The highest BCUT2D eigenvalue weighted by molar-refractivity contribution is 5.97. The molecule has 1 aliphatic rings. The van der Waals surface area contributed by atoms with Gasteiger partial charge in [0.15, 0.2) is 0 Å². The van der Waals surface area contributed by atoms with Gasteiger partial charge < -0.3 is 24.6 Å². The largest absolute Gasteiger partial charge is 0.480 e. The Balaban J connectivity index is 1.49. The number of imidazole rings is 1. The number of aliphatic carboxylic acids is 1. The summed E-state index contributed by atoms with van der Waals surface area (Å²) in [5, 5.41) is 12.1. The number of carboxylic acids is 1. The lowest BCUT2D eigenvalue weighted by atomic mass is 10.0. The van der Waals surface area contributed by atoms with Crippen LogP contribution in [0.5, 0.6) is 0 Å². The number of carbonyl (C=O) groups excluding carboxylic acids is 1. The molecule has 4 rings (SSSR count). The van der Waals surface area contributed by atoms with Crippen LogP contribution >= 0.6 is 0 Å². The Hall–Kier alpha value is -4.31. The maximum Gasteiger partial charge on any atom is 0.326 e. The second-order valence-electron chi connectivity index (χ2n) is 9.72. The second-order valence-corrected chi connectivity index (χ2v) is 9.72. The SMILES string of the molecule is C/C=C\n1c(Cc2cccc(CC(NC(=O)c3c(F)cc(N4CCOCC4)cc3F)C(=O)O)c2)cnc1/C=C/CC. The third kappa shape index (κ3) is 7.46. The second kappa shape index (κ2) is 13.8. The van der Waals surface area contributed by atoms with E-state index < -0.39 is 35.1 Å². The molecule has 0 aliphatic carbocycles. The predicted octanol–water partition coefficient (Wildman–Crippen LogP) is 4.93. The molecule has 1 atom stereocenters. The Bertz CT molecular complexity index is 1420. The number of ether oxygens (including phenoxy) is 1.